The van der Waals surface area contributed by atoms with Gasteiger partial charge in [-0.25, -0.2) is 0 Å². The minimum atomic E-state index is -0.476. The van der Waals surface area contributed by atoms with Gasteiger partial charge >= 0.3 is 11.6 Å². The van der Waals surface area contributed by atoms with Gasteiger partial charge in [0.15, 0.2) is 7.05 Å². The highest BCUT2D eigenvalue weighted by Gasteiger charge is 2.26. The van der Waals surface area contributed by atoms with Gasteiger partial charge in [-0.1, -0.05) is 12.1 Å². The lowest BCUT2D eigenvalue weighted by Gasteiger charge is -2.02. The molecule has 0 spiro atoms. The van der Waals surface area contributed by atoms with Crippen molar-refractivity contribution in [1.82, 2.24) is 4.68 Å². The predicted molar refractivity (Wildman–Crippen MR) is 85.1 cm³/mol. The Hall–Kier alpha value is -3.22. The van der Waals surface area contributed by atoms with Gasteiger partial charge < -0.3 is 5.32 Å². The summed E-state index contributed by atoms with van der Waals surface area (Å²) in [5.74, 6) is -0.266. The molecule has 0 saturated heterocycles. The van der Waals surface area contributed by atoms with Crippen LogP contribution in [0.4, 0.5) is 11.4 Å². The fraction of sp³-hybridized carbons (Fsp3) is 0.125. The van der Waals surface area contributed by atoms with Gasteiger partial charge in [0.2, 0.25) is 0 Å². The number of hydrogen-bond donors (Lipinski definition) is 1. The molecule has 0 bridgehead atoms. The van der Waals surface area contributed by atoms with Crippen LogP contribution in [0.15, 0.2) is 48.5 Å². The number of nitro benzene ring substituents is 1. The number of fused-ring (bicyclic) bond motifs is 1. The minimum Gasteiger partial charge on any atom is -0.317 e. The van der Waals surface area contributed by atoms with Crippen LogP contribution in [0.3, 0.4) is 0 Å². The topological polar surface area (TPSA) is 81.0 Å². The number of nitrogens with one attached hydrogen (secondary N) is 1. The summed E-state index contributed by atoms with van der Waals surface area (Å²) in [6.07, 6.45) is 0. The highest BCUT2D eigenvalue weighted by atomic mass is 16.6. The van der Waals surface area contributed by atoms with Crippen molar-refractivity contribution >= 4 is 28.2 Å². The van der Waals surface area contributed by atoms with Gasteiger partial charge in [-0.05, 0) is 24.3 Å². The Morgan fingerprint density at radius 3 is 2.48 bits per heavy atom. The predicted octanol–water partition coefficient (Wildman–Crippen LogP) is 2.16. The largest absolute Gasteiger partial charge is 0.323 e. The number of benzene rings is 2. The first-order valence-electron chi connectivity index (χ1n) is 6.98. The lowest BCUT2D eigenvalue weighted by atomic mass is 10.2. The molecule has 0 saturated carbocycles. The number of para-hydroxylation sites is 1. The molecule has 0 radical (unpaired) electrons. The summed E-state index contributed by atoms with van der Waals surface area (Å²) in [6.45, 7) is 0. The van der Waals surface area contributed by atoms with Crippen LogP contribution in [0.1, 0.15) is 10.5 Å². The average molecular weight is 311 g/mol. The number of carbonyl (C=O) groups is 1. The van der Waals surface area contributed by atoms with Crippen LogP contribution >= 0.6 is 0 Å². The molecule has 0 aliphatic heterocycles. The summed E-state index contributed by atoms with van der Waals surface area (Å²) in [6, 6.07) is 13.4. The van der Waals surface area contributed by atoms with Crippen LogP contribution in [-0.4, -0.2) is 15.5 Å². The Morgan fingerprint density at radius 2 is 1.83 bits per heavy atom. The van der Waals surface area contributed by atoms with E-state index in [1.165, 1.54) is 24.3 Å². The molecule has 3 aromatic rings. The normalized spacial score (nSPS) is 10.7. The number of amides is 1. The fourth-order valence-electron chi connectivity index (χ4n) is 2.57. The van der Waals surface area contributed by atoms with Gasteiger partial charge in [0.25, 0.3) is 5.69 Å². The van der Waals surface area contributed by atoms with Crippen LogP contribution in [0.5, 0.6) is 0 Å². The second-order valence-electron chi connectivity index (χ2n) is 5.17. The van der Waals surface area contributed by atoms with Gasteiger partial charge in [0.05, 0.1) is 17.4 Å². The third kappa shape index (κ3) is 2.52. The molecule has 1 heterocycles. The van der Waals surface area contributed by atoms with E-state index in [1.54, 1.807) is 4.68 Å². The van der Waals surface area contributed by atoms with E-state index in [2.05, 4.69) is 5.32 Å². The molecule has 1 N–H and O–H groups in total. The molecule has 0 atom stereocenters. The van der Waals surface area contributed by atoms with Crippen molar-refractivity contribution in [3.05, 3.63) is 64.3 Å². The fourth-order valence-corrected chi connectivity index (χ4v) is 2.57. The van der Waals surface area contributed by atoms with Crippen molar-refractivity contribution in [3.8, 4) is 0 Å². The van der Waals surface area contributed by atoms with E-state index in [0.717, 1.165) is 10.9 Å². The minimum absolute atomic E-state index is 0.0151. The Bertz CT molecular complexity index is 913. The van der Waals surface area contributed by atoms with Gasteiger partial charge in [0, 0.05) is 17.8 Å². The highest BCUT2D eigenvalue weighted by Crippen LogP contribution is 2.19. The Labute approximate surface area is 131 Å². The van der Waals surface area contributed by atoms with Gasteiger partial charge in [-0.15, -0.1) is 4.68 Å². The second kappa shape index (κ2) is 5.53. The second-order valence-corrected chi connectivity index (χ2v) is 5.17. The van der Waals surface area contributed by atoms with Crippen LogP contribution < -0.4 is 10.00 Å². The molecule has 0 aliphatic carbocycles. The number of nitro groups is 1. The molecule has 1 amide bonds. The zero-order valence-electron chi connectivity index (χ0n) is 12.7. The van der Waals surface area contributed by atoms with Crippen LogP contribution in [0.2, 0.25) is 0 Å². The first kappa shape index (κ1) is 14.7. The monoisotopic (exact) mass is 311 g/mol. The summed E-state index contributed by atoms with van der Waals surface area (Å²) >= 11 is 0. The number of carbonyl (C=O) groups excluding carboxylic acids is 1. The van der Waals surface area contributed by atoms with Crippen molar-refractivity contribution in [2.45, 2.75) is 0 Å². The number of aryl methyl sites for hydroxylation is 1. The number of anilines is 1. The number of rotatable bonds is 3. The average Bonchev–Trinajstić information content (AvgIpc) is 2.80. The molecule has 2 aromatic carbocycles. The smallest absolute Gasteiger partial charge is 0.317 e. The van der Waals surface area contributed by atoms with Gasteiger partial charge in [-0.3, -0.25) is 14.9 Å². The Morgan fingerprint density at radius 1 is 1.17 bits per heavy atom. The molecule has 1 aromatic heterocycles. The van der Waals surface area contributed by atoms with Crippen molar-refractivity contribution in [2.24, 2.45) is 14.1 Å². The number of non-ortho nitro benzene ring substituents is 1. The molecule has 7 heteroatoms. The summed E-state index contributed by atoms with van der Waals surface area (Å²) in [4.78, 5) is 22.8. The summed E-state index contributed by atoms with van der Waals surface area (Å²) < 4.78 is 3.66. The SMILES string of the molecule is Cn1c2ccccc2c(C(=O)Nc2ccc([N+](=O)[O-])cc2)[n+]1C. The number of hydrogen-bond acceptors (Lipinski definition) is 3. The molecule has 0 unspecified atom stereocenters. The first-order valence-corrected chi connectivity index (χ1v) is 6.98. The van der Waals surface area contributed by atoms with E-state index in [-0.39, 0.29) is 11.6 Å². The molecule has 0 aliphatic rings. The zero-order valence-corrected chi connectivity index (χ0v) is 12.7. The van der Waals surface area contributed by atoms with E-state index in [4.69, 9.17) is 0 Å². The quantitative estimate of drug-likeness (QED) is 0.457. The van der Waals surface area contributed by atoms with E-state index in [1.807, 2.05) is 43.0 Å². The highest BCUT2D eigenvalue weighted by molar-refractivity contribution is 6.09. The van der Waals surface area contributed by atoms with Crippen molar-refractivity contribution in [1.29, 1.82) is 0 Å². The third-order valence-electron chi connectivity index (χ3n) is 3.83. The van der Waals surface area contributed by atoms with Crippen molar-refractivity contribution in [2.75, 3.05) is 5.32 Å². The van der Waals surface area contributed by atoms with E-state index in [0.29, 0.717) is 11.4 Å². The number of nitrogens with zero attached hydrogens (tertiary/aromatic N) is 3. The molecule has 3 rings (SSSR count). The maximum atomic E-state index is 12.6. The van der Waals surface area contributed by atoms with E-state index >= 15 is 0 Å². The van der Waals surface area contributed by atoms with E-state index < -0.39 is 4.92 Å². The molecule has 7 nitrogen and oxygen atoms in total. The summed E-state index contributed by atoms with van der Waals surface area (Å²) in [5, 5.41) is 14.3. The maximum Gasteiger partial charge on any atom is 0.323 e. The third-order valence-corrected chi connectivity index (χ3v) is 3.83. The van der Waals surface area contributed by atoms with E-state index in [9.17, 15) is 14.9 Å². The van der Waals surface area contributed by atoms with Crippen molar-refractivity contribution < 1.29 is 14.4 Å². The lowest BCUT2D eigenvalue weighted by molar-refractivity contribution is -0.750. The molecule has 0 fully saturated rings. The first-order chi connectivity index (χ1) is 11.0. The summed E-state index contributed by atoms with van der Waals surface area (Å²) in [7, 11) is 3.69. The number of aromatic nitrogens is 2. The Kier molecular flexibility index (Phi) is 3.53. The van der Waals surface area contributed by atoms with Gasteiger partial charge in [0.1, 0.15) is 5.52 Å². The molecule has 116 valence electrons. The molecule has 23 heavy (non-hydrogen) atoms. The molecular weight excluding hydrogens is 296 g/mol. The Balaban J connectivity index is 1.95. The lowest BCUT2D eigenvalue weighted by Crippen LogP contribution is -2.43. The van der Waals surface area contributed by atoms with Crippen LogP contribution in [0, 0.1) is 10.1 Å². The zero-order chi connectivity index (χ0) is 16.6. The molecular formula is C16H15N4O3+. The standard InChI is InChI=1S/C16H14N4O3/c1-18-14-6-4-3-5-13(14)15(19(18)2)16(21)17-11-7-9-12(10-8-11)20(22)23/h3-10H,1-2H3/p+1. The van der Waals surface area contributed by atoms with Crippen molar-refractivity contribution in [3.63, 3.8) is 0 Å². The van der Waals surface area contributed by atoms with Crippen LogP contribution in [-0.2, 0) is 14.1 Å². The van der Waals surface area contributed by atoms with Crippen LogP contribution in [0.25, 0.3) is 10.9 Å². The maximum absolute atomic E-state index is 12.6. The van der Waals surface area contributed by atoms with Gasteiger partial charge in [-0.2, -0.15) is 4.68 Å². The summed E-state index contributed by atoms with van der Waals surface area (Å²) in [5.41, 5.74) is 1.97.